The predicted molar refractivity (Wildman–Crippen MR) is 86.2 cm³/mol. The summed E-state index contributed by atoms with van der Waals surface area (Å²) in [5, 5.41) is 4.15. The molecule has 1 heterocycles. The first-order valence-corrected chi connectivity index (χ1v) is 7.59. The van der Waals surface area contributed by atoms with E-state index in [1.807, 2.05) is 4.90 Å². The van der Waals surface area contributed by atoms with Gasteiger partial charge in [0.1, 0.15) is 0 Å². The molecule has 126 valence electrons. The van der Waals surface area contributed by atoms with Gasteiger partial charge in [0.2, 0.25) is 0 Å². The van der Waals surface area contributed by atoms with Crippen LogP contribution in [0.4, 0.5) is 13.2 Å². The fourth-order valence-electron chi connectivity index (χ4n) is 2.60. The molecule has 0 saturated carbocycles. The maximum Gasteiger partial charge on any atom is 0.389 e. The minimum Gasteiger partial charge on any atom is -0.314 e. The molecule has 22 heavy (non-hydrogen) atoms. The third-order valence-corrected chi connectivity index (χ3v) is 4.19. The molecular weight excluding hydrogens is 360 g/mol. The molecule has 8 heteroatoms. The normalized spacial score (nSPS) is 17.9. The lowest BCUT2D eigenvalue weighted by Gasteiger charge is -2.36. The minimum atomic E-state index is -4.17. The maximum absolute atomic E-state index is 12.6. The summed E-state index contributed by atoms with van der Waals surface area (Å²) in [6, 6.07) is 4.60. The van der Waals surface area contributed by atoms with Crippen LogP contribution in [0.15, 0.2) is 18.2 Å². The molecule has 1 saturated heterocycles. The molecule has 1 N–H and O–H groups in total. The Bertz CT molecular complexity index is 477. The summed E-state index contributed by atoms with van der Waals surface area (Å²) < 4.78 is 37.8. The number of halogens is 6. The van der Waals surface area contributed by atoms with Gasteiger partial charge in [-0.15, -0.1) is 12.4 Å². The Morgan fingerprint density at radius 2 is 1.82 bits per heavy atom. The monoisotopic (exact) mass is 376 g/mol. The van der Waals surface area contributed by atoms with E-state index in [-0.39, 0.29) is 24.9 Å². The molecule has 0 unspecified atom stereocenters. The van der Waals surface area contributed by atoms with E-state index < -0.39 is 12.6 Å². The summed E-state index contributed by atoms with van der Waals surface area (Å²) in [7, 11) is 0. The summed E-state index contributed by atoms with van der Waals surface area (Å²) in [5.41, 5.74) is 0.676. The lowest BCUT2D eigenvalue weighted by atomic mass is 9.99. The molecule has 2 rings (SSSR count). The van der Waals surface area contributed by atoms with Gasteiger partial charge in [0, 0.05) is 48.7 Å². The standard InChI is InChI=1S/C14H17Cl2F3N2.ClH/c15-10-1-2-12(16)11(9-10)13(3-4-14(17,18)19)21-7-5-20-6-8-21;/h1-2,9,13,20H,3-8H2;1H/t13-;/m1./s1. The van der Waals surface area contributed by atoms with E-state index in [0.29, 0.717) is 28.7 Å². The molecule has 1 aliphatic heterocycles. The van der Waals surface area contributed by atoms with Crippen LogP contribution in [0, 0.1) is 0 Å². The van der Waals surface area contributed by atoms with Gasteiger partial charge in [-0.1, -0.05) is 23.2 Å². The van der Waals surface area contributed by atoms with Crippen LogP contribution < -0.4 is 5.32 Å². The van der Waals surface area contributed by atoms with Gasteiger partial charge in [-0.25, -0.2) is 0 Å². The number of benzene rings is 1. The second-order valence-corrected chi connectivity index (χ2v) is 5.97. The van der Waals surface area contributed by atoms with Gasteiger partial charge in [0.25, 0.3) is 0 Å². The fourth-order valence-corrected chi connectivity index (χ4v) is 3.02. The van der Waals surface area contributed by atoms with Gasteiger partial charge in [0.15, 0.2) is 0 Å². The molecule has 0 radical (unpaired) electrons. The topological polar surface area (TPSA) is 15.3 Å². The van der Waals surface area contributed by atoms with E-state index in [9.17, 15) is 13.2 Å². The van der Waals surface area contributed by atoms with Crippen molar-refractivity contribution in [3.8, 4) is 0 Å². The maximum atomic E-state index is 12.6. The molecule has 1 atom stereocenters. The summed E-state index contributed by atoms with van der Waals surface area (Å²) in [6.07, 6.45) is -5.01. The molecule has 1 aromatic rings. The van der Waals surface area contributed by atoms with Crippen molar-refractivity contribution in [3.05, 3.63) is 33.8 Å². The van der Waals surface area contributed by atoms with Gasteiger partial charge in [-0.2, -0.15) is 13.2 Å². The van der Waals surface area contributed by atoms with Gasteiger partial charge < -0.3 is 5.32 Å². The van der Waals surface area contributed by atoms with Crippen molar-refractivity contribution in [2.24, 2.45) is 0 Å². The minimum absolute atomic E-state index is 0. The lowest BCUT2D eigenvalue weighted by Crippen LogP contribution is -2.45. The third kappa shape index (κ3) is 5.78. The highest BCUT2D eigenvalue weighted by Gasteiger charge is 2.32. The Labute approximate surface area is 144 Å². The van der Waals surface area contributed by atoms with E-state index in [2.05, 4.69) is 5.32 Å². The Morgan fingerprint density at radius 1 is 1.18 bits per heavy atom. The SMILES string of the molecule is Cl.FC(F)(F)CC[C@H](c1cc(Cl)ccc1Cl)N1CCNCC1. The molecule has 1 fully saturated rings. The first kappa shape index (κ1) is 19.8. The quantitative estimate of drug-likeness (QED) is 0.818. The van der Waals surface area contributed by atoms with Crippen molar-refractivity contribution >= 4 is 35.6 Å². The van der Waals surface area contributed by atoms with Crippen LogP contribution >= 0.6 is 35.6 Å². The van der Waals surface area contributed by atoms with Crippen molar-refractivity contribution in [1.82, 2.24) is 10.2 Å². The highest BCUT2D eigenvalue weighted by atomic mass is 35.5. The largest absolute Gasteiger partial charge is 0.389 e. The molecule has 0 aliphatic carbocycles. The second kappa shape index (κ2) is 8.60. The van der Waals surface area contributed by atoms with Crippen LogP contribution in [0.2, 0.25) is 10.0 Å². The van der Waals surface area contributed by atoms with Crippen molar-refractivity contribution in [3.63, 3.8) is 0 Å². The van der Waals surface area contributed by atoms with Crippen LogP contribution in [-0.4, -0.2) is 37.3 Å². The first-order chi connectivity index (χ1) is 9.87. The zero-order chi connectivity index (χ0) is 15.5. The molecule has 1 aliphatic rings. The Morgan fingerprint density at radius 3 is 2.41 bits per heavy atom. The van der Waals surface area contributed by atoms with Gasteiger partial charge >= 0.3 is 6.18 Å². The number of hydrogen-bond acceptors (Lipinski definition) is 2. The number of rotatable bonds is 4. The van der Waals surface area contributed by atoms with E-state index >= 15 is 0 Å². The Kier molecular flexibility index (Phi) is 7.75. The first-order valence-electron chi connectivity index (χ1n) is 6.83. The highest BCUT2D eigenvalue weighted by Crippen LogP contribution is 2.36. The Hall–Kier alpha value is -0.200. The molecule has 0 spiro atoms. The summed E-state index contributed by atoms with van der Waals surface area (Å²) in [4.78, 5) is 2.04. The predicted octanol–water partition coefficient (Wildman–Crippen LogP) is 4.70. The van der Waals surface area contributed by atoms with Crippen LogP contribution in [-0.2, 0) is 0 Å². The van der Waals surface area contributed by atoms with Crippen LogP contribution in [0.3, 0.4) is 0 Å². The zero-order valence-corrected chi connectivity index (χ0v) is 14.1. The number of piperazine rings is 1. The van der Waals surface area contributed by atoms with Crippen LogP contribution in [0.5, 0.6) is 0 Å². The van der Waals surface area contributed by atoms with Crippen molar-refractivity contribution in [1.29, 1.82) is 0 Å². The average Bonchev–Trinajstić information content (AvgIpc) is 2.43. The van der Waals surface area contributed by atoms with Gasteiger partial charge in [-0.05, 0) is 30.2 Å². The van der Waals surface area contributed by atoms with Crippen molar-refractivity contribution in [2.45, 2.75) is 25.1 Å². The smallest absolute Gasteiger partial charge is 0.314 e. The van der Waals surface area contributed by atoms with Crippen LogP contribution in [0.1, 0.15) is 24.4 Å². The number of alkyl halides is 3. The number of nitrogens with one attached hydrogen (secondary N) is 1. The average molecular weight is 378 g/mol. The number of nitrogens with zero attached hydrogens (tertiary/aromatic N) is 1. The molecule has 0 aromatic heterocycles. The second-order valence-electron chi connectivity index (χ2n) is 5.12. The lowest BCUT2D eigenvalue weighted by molar-refractivity contribution is -0.138. The molecule has 1 aromatic carbocycles. The molecule has 2 nitrogen and oxygen atoms in total. The van der Waals surface area contributed by atoms with Gasteiger partial charge in [-0.3, -0.25) is 4.90 Å². The van der Waals surface area contributed by atoms with Crippen molar-refractivity contribution in [2.75, 3.05) is 26.2 Å². The molecule has 0 amide bonds. The van der Waals surface area contributed by atoms with E-state index in [4.69, 9.17) is 23.2 Å². The molecule has 0 bridgehead atoms. The van der Waals surface area contributed by atoms with Crippen molar-refractivity contribution < 1.29 is 13.2 Å². The summed E-state index contributed by atoms with van der Waals surface area (Å²) >= 11 is 12.2. The van der Waals surface area contributed by atoms with Gasteiger partial charge in [0.05, 0.1) is 0 Å². The molecular formula is C14H18Cl3F3N2. The van der Waals surface area contributed by atoms with Crippen LogP contribution in [0.25, 0.3) is 0 Å². The van der Waals surface area contributed by atoms with E-state index in [0.717, 1.165) is 13.1 Å². The summed E-state index contributed by atoms with van der Waals surface area (Å²) in [5.74, 6) is 0. The van der Waals surface area contributed by atoms with E-state index in [1.54, 1.807) is 18.2 Å². The third-order valence-electron chi connectivity index (χ3n) is 3.61. The number of hydrogen-bond donors (Lipinski definition) is 1. The van der Waals surface area contributed by atoms with E-state index in [1.165, 1.54) is 0 Å². The zero-order valence-electron chi connectivity index (χ0n) is 11.8. The Balaban J connectivity index is 0.00000242. The summed E-state index contributed by atoms with van der Waals surface area (Å²) in [6.45, 7) is 2.93. The fraction of sp³-hybridized carbons (Fsp3) is 0.571. The highest BCUT2D eigenvalue weighted by molar-refractivity contribution is 6.33.